The van der Waals surface area contributed by atoms with Crippen LogP contribution in [0.5, 0.6) is 0 Å². The van der Waals surface area contributed by atoms with Crippen LogP contribution in [0.4, 0.5) is 22.0 Å². The van der Waals surface area contributed by atoms with Crippen LogP contribution >= 0.6 is 0 Å². The van der Waals surface area contributed by atoms with Gasteiger partial charge in [0.2, 0.25) is 0 Å². The van der Waals surface area contributed by atoms with Crippen LogP contribution in [0.1, 0.15) is 17.6 Å². The van der Waals surface area contributed by atoms with Crippen molar-refractivity contribution < 1.29 is 30.4 Å². The van der Waals surface area contributed by atoms with Gasteiger partial charge in [0.25, 0.3) is 16.4 Å². The highest BCUT2D eigenvalue weighted by Gasteiger charge is 2.37. The van der Waals surface area contributed by atoms with Crippen LogP contribution in [0, 0.1) is 0 Å². The van der Waals surface area contributed by atoms with Crippen molar-refractivity contribution in [2.24, 2.45) is 5.14 Å². The quantitative estimate of drug-likeness (QED) is 0.835. The molecule has 0 bridgehead atoms. The lowest BCUT2D eigenvalue weighted by Crippen LogP contribution is -2.17. The highest BCUT2D eigenvalue weighted by molar-refractivity contribution is 7.89. The first kappa shape index (κ1) is 13.8. The summed E-state index contributed by atoms with van der Waals surface area (Å²) >= 11 is 0. The van der Waals surface area contributed by atoms with E-state index in [0.717, 1.165) is 0 Å². The Morgan fingerprint density at radius 2 is 1.82 bits per heavy atom. The van der Waals surface area contributed by atoms with Crippen LogP contribution in [0.15, 0.2) is 17.3 Å². The fourth-order valence-corrected chi connectivity index (χ4v) is 1.50. The highest BCUT2D eigenvalue weighted by Crippen LogP contribution is 2.36. The van der Waals surface area contributed by atoms with Gasteiger partial charge < -0.3 is 0 Å². The zero-order chi connectivity index (χ0) is 13.4. The Bertz CT molecular complexity index is 526. The van der Waals surface area contributed by atoms with E-state index >= 15 is 0 Å². The van der Waals surface area contributed by atoms with E-state index in [-0.39, 0.29) is 12.3 Å². The average molecular weight is 276 g/mol. The van der Waals surface area contributed by atoms with E-state index in [1.165, 1.54) is 0 Å². The number of nitrogens with two attached hydrogens (primary N) is 1. The predicted octanol–water partition coefficient (Wildman–Crippen LogP) is 1.69. The van der Waals surface area contributed by atoms with Crippen LogP contribution in [-0.2, 0) is 16.2 Å². The maximum atomic E-state index is 12.4. The van der Waals surface area contributed by atoms with Crippen molar-refractivity contribution in [2.75, 3.05) is 0 Å². The summed E-state index contributed by atoms with van der Waals surface area (Å²) in [5.41, 5.74) is -3.17. The molecule has 0 saturated carbocycles. The topological polar surface area (TPSA) is 73.1 Å². The third-order valence-electron chi connectivity index (χ3n) is 1.74. The van der Waals surface area contributed by atoms with Gasteiger partial charge in [-0.15, -0.1) is 0 Å². The largest absolute Gasteiger partial charge is 0.417 e. The van der Waals surface area contributed by atoms with Crippen LogP contribution in [-0.4, -0.2) is 13.4 Å². The number of hydrogen-bond donors (Lipinski definition) is 1. The van der Waals surface area contributed by atoms with E-state index in [2.05, 4.69) is 10.1 Å². The summed E-state index contributed by atoms with van der Waals surface area (Å²) in [7, 11) is -4.48. The van der Waals surface area contributed by atoms with Gasteiger partial charge >= 0.3 is 6.18 Å². The van der Waals surface area contributed by atoms with Crippen molar-refractivity contribution >= 4 is 10.0 Å². The van der Waals surface area contributed by atoms with Gasteiger partial charge in [-0.05, 0) is 6.07 Å². The summed E-state index contributed by atoms with van der Waals surface area (Å²) in [4.78, 5) is 2.95. The van der Waals surface area contributed by atoms with E-state index < -0.39 is 38.8 Å². The second-order valence-electron chi connectivity index (χ2n) is 2.95. The second-order valence-corrected chi connectivity index (χ2v) is 4.46. The molecule has 1 rings (SSSR count). The number of aromatic nitrogens is 1. The molecular weight excluding hydrogens is 271 g/mol. The minimum Gasteiger partial charge on any atom is -0.243 e. The van der Waals surface area contributed by atoms with Crippen molar-refractivity contribution in [1.29, 1.82) is 0 Å². The summed E-state index contributed by atoms with van der Waals surface area (Å²) in [5, 5.41) is 3.43. The van der Waals surface area contributed by atoms with Crippen molar-refractivity contribution in [3.05, 3.63) is 23.4 Å². The lowest BCUT2D eigenvalue weighted by atomic mass is 10.1. The SMILES string of the molecule is NS(=O)(=O)c1cc(C(F)(F)F)c(C(F)F)cn1. The Balaban J connectivity index is 3.51. The van der Waals surface area contributed by atoms with Crippen molar-refractivity contribution in [1.82, 2.24) is 4.98 Å². The Morgan fingerprint density at radius 1 is 1.29 bits per heavy atom. The predicted molar refractivity (Wildman–Crippen MR) is 45.6 cm³/mol. The first-order valence-electron chi connectivity index (χ1n) is 3.91. The highest BCUT2D eigenvalue weighted by atomic mass is 32.2. The molecule has 0 radical (unpaired) electrons. The van der Waals surface area contributed by atoms with Gasteiger partial charge in [-0.3, -0.25) is 0 Å². The molecule has 0 amide bonds. The molecule has 17 heavy (non-hydrogen) atoms. The molecule has 0 unspecified atom stereocenters. The number of hydrogen-bond acceptors (Lipinski definition) is 3. The van der Waals surface area contributed by atoms with Gasteiger partial charge in [0.05, 0.1) is 5.56 Å². The molecule has 96 valence electrons. The molecule has 0 spiro atoms. The lowest BCUT2D eigenvalue weighted by Gasteiger charge is -2.12. The third kappa shape index (κ3) is 3.09. The van der Waals surface area contributed by atoms with Crippen LogP contribution in [0.2, 0.25) is 0 Å². The first-order chi connectivity index (χ1) is 7.53. The fourth-order valence-electron chi connectivity index (χ4n) is 1.02. The molecule has 2 N–H and O–H groups in total. The van der Waals surface area contributed by atoms with Gasteiger partial charge in [-0.2, -0.15) is 13.2 Å². The van der Waals surface area contributed by atoms with E-state index in [4.69, 9.17) is 0 Å². The van der Waals surface area contributed by atoms with Crippen molar-refractivity contribution in [3.8, 4) is 0 Å². The summed E-state index contributed by atoms with van der Waals surface area (Å²) in [5.74, 6) is 0. The Morgan fingerprint density at radius 3 is 2.18 bits per heavy atom. The van der Waals surface area contributed by atoms with Crippen molar-refractivity contribution in [3.63, 3.8) is 0 Å². The number of rotatable bonds is 2. The van der Waals surface area contributed by atoms with Gasteiger partial charge in [-0.25, -0.2) is 27.3 Å². The monoisotopic (exact) mass is 276 g/mol. The molecule has 0 fully saturated rings. The Labute approximate surface area is 92.3 Å². The zero-order valence-electron chi connectivity index (χ0n) is 7.87. The molecule has 0 atom stereocenters. The normalized spacial score (nSPS) is 13.1. The molecule has 1 heterocycles. The molecule has 0 aliphatic heterocycles. The molecule has 1 aromatic heterocycles. The summed E-state index contributed by atoms with van der Waals surface area (Å²) in [6.07, 6.45) is -8.39. The number of pyridine rings is 1. The molecule has 1 aromatic rings. The van der Waals surface area contributed by atoms with Gasteiger partial charge in [-0.1, -0.05) is 0 Å². The Hall–Kier alpha value is -1.29. The van der Waals surface area contributed by atoms with Gasteiger partial charge in [0.1, 0.15) is 0 Å². The first-order valence-corrected chi connectivity index (χ1v) is 5.46. The number of nitrogens with zero attached hydrogens (tertiary/aromatic N) is 1. The minimum atomic E-state index is -5.12. The third-order valence-corrected chi connectivity index (χ3v) is 2.55. The fraction of sp³-hybridized carbons (Fsp3) is 0.286. The molecule has 0 aromatic carbocycles. The molecule has 0 aliphatic rings. The maximum Gasteiger partial charge on any atom is 0.417 e. The zero-order valence-corrected chi connectivity index (χ0v) is 8.69. The molecular formula is C7H5F5N2O2S. The molecule has 4 nitrogen and oxygen atoms in total. The van der Waals surface area contributed by atoms with Crippen LogP contribution in [0.3, 0.4) is 0 Å². The summed E-state index contributed by atoms with van der Waals surface area (Å²) in [6.45, 7) is 0. The number of alkyl halides is 5. The summed E-state index contributed by atoms with van der Waals surface area (Å²) < 4.78 is 83.2. The number of primary sulfonamides is 1. The van der Waals surface area contributed by atoms with E-state index in [9.17, 15) is 30.4 Å². The minimum absolute atomic E-state index is 0.0170. The Kier molecular flexibility index (Phi) is 3.39. The van der Waals surface area contributed by atoms with E-state index in [0.29, 0.717) is 0 Å². The maximum absolute atomic E-state index is 12.4. The molecule has 10 heteroatoms. The van der Waals surface area contributed by atoms with Gasteiger partial charge in [0, 0.05) is 11.8 Å². The smallest absolute Gasteiger partial charge is 0.243 e. The van der Waals surface area contributed by atoms with Crippen LogP contribution < -0.4 is 5.14 Å². The standard InChI is InChI=1S/C7H5F5N2O2S/c8-6(9)3-2-14-5(17(13,15)16)1-4(3)7(10,11)12/h1-2,6H,(H2,13,15,16). The van der Waals surface area contributed by atoms with E-state index in [1.807, 2.05) is 0 Å². The number of sulfonamides is 1. The lowest BCUT2D eigenvalue weighted by molar-refractivity contribution is -0.139. The summed E-state index contributed by atoms with van der Waals surface area (Å²) in [6, 6.07) is -0.0170. The van der Waals surface area contributed by atoms with Gasteiger partial charge in [0.15, 0.2) is 5.03 Å². The molecule has 0 saturated heterocycles. The van der Waals surface area contributed by atoms with Crippen LogP contribution in [0.25, 0.3) is 0 Å². The average Bonchev–Trinajstić information content (AvgIpc) is 2.14. The van der Waals surface area contributed by atoms with Crippen molar-refractivity contribution in [2.45, 2.75) is 17.6 Å². The second kappa shape index (κ2) is 4.18. The molecule has 0 aliphatic carbocycles. The number of halogens is 5. The van der Waals surface area contributed by atoms with E-state index in [1.54, 1.807) is 0 Å².